The summed E-state index contributed by atoms with van der Waals surface area (Å²) in [4.78, 5) is 37.6. The van der Waals surface area contributed by atoms with Gasteiger partial charge >= 0.3 is 5.97 Å². The predicted octanol–water partition coefficient (Wildman–Crippen LogP) is 2.76. The smallest absolute Gasteiger partial charge is 0.342 e. The average molecular weight is 396 g/mol. The molecule has 0 unspecified atom stereocenters. The van der Waals surface area contributed by atoms with Gasteiger partial charge in [-0.1, -0.05) is 30.3 Å². The molecular formula is C22H24N2O5. The maximum Gasteiger partial charge on any atom is 0.342 e. The highest BCUT2D eigenvalue weighted by molar-refractivity contribution is 5.94. The molecule has 2 amide bonds. The number of hydrogen-bond acceptors (Lipinski definition) is 5. The van der Waals surface area contributed by atoms with Crippen molar-refractivity contribution >= 4 is 17.8 Å². The maximum atomic E-state index is 12.4. The fraction of sp³-hybridized carbons (Fsp3) is 0.318. The molecule has 29 heavy (non-hydrogen) atoms. The summed E-state index contributed by atoms with van der Waals surface area (Å²) in [6.45, 7) is 1.47. The van der Waals surface area contributed by atoms with E-state index in [4.69, 9.17) is 9.47 Å². The summed E-state index contributed by atoms with van der Waals surface area (Å²) in [5.74, 6) is 0.116. The Balaban J connectivity index is 1.43. The summed E-state index contributed by atoms with van der Waals surface area (Å²) in [6.07, 6.45) is 2.17. The molecule has 1 aliphatic heterocycles. The van der Waals surface area contributed by atoms with Crippen LogP contribution in [0.2, 0.25) is 0 Å². The van der Waals surface area contributed by atoms with Gasteiger partial charge < -0.3 is 19.7 Å². The fourth-order valence-corrected chi connectivity index (χ4v) is 3.04. The zero-order valence-electron chi connectivity index (χ0n) is 16.1. The summed E-state index contributed by atoms with van der Waals surface area (Å²) in [5, 5.41) is 2.70. The van der Waals surface area contributed by atoms with Gasteiger partial charge in [-0.2, -0.15) is 0 Å². The SMILES string of the molecule is O=C(COC(=O)c1ccccc1Oc1ccccc1)NCCCN1CCCC1=O. The molecule has 0 radical (unpaired) electrons. The van der Waals surface area contributed by atoms with Crippen molar-refractivity contribution in [3.63, 3.8) is 0 Å². The van der Waals surface area contributed by atoms with E-state index in [0.29, 0.717) is 37.4 Å². The van der Waals surface area contributed by atoms with Crippen LogP contribution in [0.1, 0.15) is 29.6 Å². The Labute approximate surface area is 169 Å². The van der Waals surface area contributed by atoms with E-state index in [9.17, 15) is 14.4 Å². The van der Waals surface area contributed by atoms with Gasteiger partial charge in [0.1, 0.15) is 17.1 Å². The molecule has 0 aromatic heterocycles. The molecular weight excluding hydrogens is 372 g/mol. The van der Waals surface area contributed by atoms with Gasteiger partial charge in [0, 0.05) is 26.1 Å². The number of likely N-dealkylation sites (tertiary alicyclic amines) is 1. The molecule has 1 heterocycles. The molecule has 0 bridgehead atoms. The van der Waals surface area contributed by atoms with Crippen molar-refractivity contribution in [2.75, 3.05) is 26.2 Å². The summed E-state index contributed by atoms with van der Waals surface area (Å²) < 4.78 is 10.9. The van der Waals surface area contributed by atoms with E-state index in [-0.39, 0.29) is 24.0 Å². The van der Waals surface area contributed by atoms with Crippen LogP contribution < -0.4 is 10.1 Å². The number of nitrogens with one attached hydrogen (secondary N) is 1. The minimum absolute atomic E-state index is 0.168. The van der Waals surface area contributed by atoms with Crippen LogP contribution in [-0.4, -0.2) is 48.9 Å². The van der Waals surface area contributed by atoms with E-state index in [1.165, 1.54) is 0 Å². The third kappa shape index (κ3) is 6.07. The van der Waals surface area contributed by atoms with Crippen LogP contribution in [0.3, 0.4) is 0 Å². The van der Waals surface area contributed by atoms with Gasteiger partial charge in [-0.05, 0) is 37.1 Å². The number of esters is 1. The van der Waals surface area contributed by atoms with Gasteiger partial charge in [0.2, 0.25) is 5.91 Å². The molecule has 1 N–H and O–H groups in total. The lowest BCUT2D eigenvalue weighted by atomic mass is 10.2. The van der Waals surface area contributed by atoms with Crippen LogP contribution in [0.15, 0.2) is 54.6 Å². The van der Waals surface area contributed by atoms with E-state index >= 15 is 0 Å². The summed E-state index contributed by atoms with van der Waals surface area (Å²) in [6, 6.07) is 15.8. The van der Waals surface area contributed by atoms with Crippen molar-refractivity contribution in [2.24, 2.45) is 0 Å². The molecule has 152 valence electrons. The summed E-state index contributed by atoms with van der Waals surface area (Å²) >= 11 is 0. The molecule has 0 aliphatic carbocycles. The lowest BCUT2D eigenvalue weighted by molar-refractivity contribution is -0.127. The molecule has 7 nitrogen and oxygen atoms in total. The quantitative estimate of drug-likeness (QED) is 0.520. The highest BCUT2D eigenvalue weighted by Gasteiger charge is 2.19. The molecule has 2 aromatic carbocycles. The molecule has 7 heteroatoms. The predicted molar refractivity (Wildman–Crippen MR) is 107 cm³/mol. The van der Waals surface area contributed by atoms with Crippen LogP contribution in [-0.2, 0) is 14.3 Å². The Morgan fingerprint density at radius 2 is 1.79 bits per heavy atom. The lowest BCUT2D eigenvalue weighted by Gasteiger charge is -2.15. The lowest BCUT2D eigenvalue weighted by Crippen LogP contribution is -2.32. The normalized spacial score (nSPS) is 13.2. The number of carbonyl (C=O) groups is 3. The van der Waals surface area contributed by atoms with Crippen molar-refractivity contribution in [3.8, 4) is 11.5 Å². The zero-order chi connectivity index (χ0) is 20.5. The van der Waals surface area contributed by atoms with Gasteiger partial charge in [-0.25, -0.2) is 4.79 Å². The monoisotopic (exact) mass is 396 g/mol. The van der Waals surface area contributed by atoms with Crippen LogP contribution in [0, 0.1) is 0 Å². The third-order valence-corrected chi connectivity index (χ3v) is 4.51. The maximum absolute atomic E-state index is 12.4. The molecule has 2 aromatic rings. The van der Waals surface area contributed by atoms with Crippen molar-refractivity contribution in [1.82, 2.24) is 10.2 Å². The number of carbonyl (C=O) groups excluding carboxylic acids is 3. The van der Waals surface area contributed by atoms with Gasteiger partial charge in [0.25, 0.3) is 5.91 Å². The van der Waals surface area contributed by atoms with Crippen molar-refractivity contribution < 1.29 is 23.9 Å². The molecule has 1 fully saturated rings. The molecule has 0 spiro atoms. The second-order valence-electron chi connectivity index (χ2n) is 6.68. The highest BCUT2D eigenvalue weighted by Crippen LogP contribution is 2.25. The van der Waals surface area contributed by atoms with E-state index in [1.807, 2.05) is 18.2 Å². The topological polar surface area (TPSA) is 84.9 Å². The van der Waals surface area contributed by atoms with E-state index < -0.39 is 5.97 Å². The van der Waals surface area contributed by atoms with Gasteiger partial charge in [0.15, 0.2) is 6.61 Å². The largest absolute Gasteiger partial charge is 0.456 e. The second kappa shape index (κ2) is 10.3. The minimum atomic E-state index is -0.630. The molecule has 0 saturated carbocycles. The first-order valence-corrected chi connectivity index (χ1v) is 9.67. The molecule has 1 aliphatic rings. The van der Waals surface area contributed by atoms with Crippen LogP contribution in [0.4, 0.5) is 0 Å². The van der Waals surface area contributed by atoms with Crippen molar-refractivity contribution in [2.45, 2.75) is 19.3 Å². The average Bonchev–Trinajstić information content (AvgIpc) is 3.15. The molecule has 1 saturated heterocycles. The second-order valence-corrected chi connectivity index (χ2v) is 6.68. The Bertz CT molecular complexity index is 853. The third-order valence-electron chi connectivity index (χ3n) is 4.51. The van der Waals surface area contributed by atoms with Gasteiger partial charge in [-0.15, -0.1) is 0 Å². The van der Waals surface area contributed by atoms with Crippen LogP contribution >= 0.6 is 0 Å². The first-order chi connectivity index (χ1) is 14.1. The number of ether oxygens (including phenoxy) is 2. The Kier molecular flexibility index (Phi) is 7.22. The zero-order valence-corrected chi connectivity index (χ0v) is 16.1. The fourth-order valence-electron chi connectivity index (χ4n) is 3.04. The van der Waals surface area contributed by atoms with E-state index in [2.05, 4.69) is 5.32 Å². The van der Waals surface area contributed by atoms with Crippen molar-refractivity contribution in [1.29, 1.82) is 0 Å². The van der Waals surface area contributed by atoms with Crippen LogP contribution in [0.5, 0.6) is 11.5 Å². The Morgan fingerprint density at radius 1 is 1.03 bits per heavy atom. The number of para-hydroxylation sites is 2. The summed E-state index contributed by atoms with van der Waals surface area (Å²) in [5.41, 5.74) is 0.247. The Hall–Kier alpha value is -3.35. The minimum Gasteiger partial charge on any atom is -0.456 e. The number of amides is 2. The first kappa shape index (κ1) is 20.4. The summed E-state index contributed by atoms with van der Waals surface area (Å²) in [7, 11) is 0. The molecule has 3 rings (SSSR count). The van der Waals surface area contributed by atoms with Crippen molar-refractivity contribution in [3.05, 3.63) is 60.2 Å². The van der Waals surface area contributed by atoms with Gasteiger partial charge in [-0.3, -0.25) is 9.59 Å². The van der Waals surface area contributed by atoms with Gasteiger partial charge in [0.05, 0.1) is 0 Å². The number of benzene rings is 2. The van der Waals surface area contributed by atoms with E-state index in [1.54, 1.807) is 41.3 Å². The highest BCUT2D eigenvalue weighted by atomic mass is 16.5. The standard InChI is InChI=1S/C22H24N2O5/c25-20(23-13-7-15-24-14-6-12-21(24)26)16-28-22(27)18-10-4-5-11-19(18)29-17-8-2-1-3-9-17/h1-5,8-11H,6-7,12-16H2,(H,23,25). The number of rotatable bonds is 9. The first-order valence-electron chi connectivity index (χ1n) is 9.67. The van der Waals surface area contributed by atoms with Crippen LogP contribution in [0.25, 0.3) is 0 Å². The number of nitrogens with zero attached hydrogens (tertiary/aromatic N) is 1. The Morgan fingerprint density at radius 3 is 2.55 bits per heavy atom. The molecule has 0 atom stereocenters. The number of hydrogen-bond donors (Lipinski definition) is 1. The van der Waals surface area contributed by atoms with E-state index in [0.717, 1.165) is 13.0 Å².